The monoisotopic (exact) mass is 281 g/mol. The van der Waals surface area contributed by atoms with E-state index in [-0.39, 0.29) is 5.97 Å². The first-order valence-corrected chi connectivity index (χ1v) is 7.11. The highest BCUT2D eigenvalue weighted by Gasteiger charge is 2.23. The first kappa shape index (κ1) is 13.7. The molecule has 0 unspecified atom stereocenters. The number of esters is 1. The van der Waals surface area contributed by atoms with E-state index in [1.54, 1.807) is 0 Å². The molecule has 1 aliphatic heterocycles. The third-order valence-electron chi connectivity index (χ3n) is 4.19. The highest BCUT2D eigenvalue weighted by molar-refractivity contribution is 5.95. The number of hydrogen-bond acceptors (Lipinski definition) is 3. The predicted octanol–water partition coefficient (Wildman–Crippen LogP) is 3.61. The van der Waals surface area contributed by atoms with Crippen LogP contribution in [0.25, 0.3) is 0 Å². The Morgan fingerprint density at radius 1 is 1.05 bits per heavy atom. The molecule has 0 amide bonds. The van der Waals surface area contributed by atoms with Gasteiger partial charge in [0.25, 0.3) is 0 Å². The van der Waals surface area contributed by atoms with Gasteiger partial charge in [0.05, 0.1) is 18.4 Å². The van der Waals surface area contributed by atoms with Gasteiger partial charge in [0.1, 0.15) is 0 Å². The fraction of sp³-hybridized carbons (Fsp3) is 0.278. The molecule has 21 heavy (non-hydrogen) atoms. The SMILES string of the molecule is COC(=O)c1ccccc1N1Cc2cc(C)c(C)cc2C1. The summed E-state index contributed by atoms with van der Waals surface area (Å²) in [4.78, 5) is 14.2. The number of fused-ring (bicyclic) bond motifs is 1. The van der Waals surface area contributed by atoms with Crippen LogP contribution in [0.5, 0.6) is 0 Å². The van der Waals surface area contributed by atoms with Crippen LogP contribution < -0.4 is 4.90 Å². The molecule has 0 fully saturated rings. The van der Waals surface area contributed by atoms with Crippen molar-refractivity contribution in [2.24, 2.45) is 0 Å². The van der Waals surface area contributed by atoms with Crippen molar-refractivity contribution in [3.05, 3.63) is 64.2 Å². The van der Waals surface area contributed by atoms with Gasteiger partial charge in [-0.05, 0) is 48.2 Å². The molecule has 0 saturated heterocycles. The summed E-state index contributed by atoms with van der Waals surface area (Å²) in [5.74, 6) is -0.283. The molecule has 1 aliphatic rings. The minimum Gasteiger partial charge on any atom is -0.465 e. The van der Waals surface area contributed by atoms with Crippen molar-refractivity contribution in [3.8, 4) is 0 Å². The number of anilines is 1. The number of carbonyl (C=O) groups excluding carboxylic acids is 1. The minimum atomic E-state index is -0.283. The first-order valence-electron chi connectivity index (χ1n) is 7.11. The molecule has 0 saturated carbocycles. The second-order valence-corrected chi connectivity index (χ2v) is 5.57. The lowest BCUT2D eigenvalue weighted by atomic mass is 10.0. The fourth-order valence-corrected chi connectivity index (χ4v) is 2.90. The van der Waals surface area contributed by atoms with E-state index in [1.807, 2.05) is 24.3 Å². The van der Waals surface area contributed by atoms with Gasteiger partial charge in [-0.15, -0.1) is 0 Å². The predicted molar refractivity (Wildman–Crippen MR) is 83.6 cm³/mol. The third-order valence-corrected chi connectivity index (χ3v) is 4.19. The average molecular weight is 281 g/mol. The number of rotatable bonds is 2. The molecule has 108 valence electrons. The molecule has 3 nitrogen and oxygen atoms in total. The molecule has 0 aromatic heterocycles. The smallest absolute Gasteiger partial charge is 0.339 e. The highest BCUT2D eigenvalue weighted by atomic mass is 16.5. The van der Waals surface area contributed by atoms with Gasteiger partial charge < -0.3 is 9.64 Å². The van der Waals surface area contributed by atoms with Gasteiger partial charge in [0, 0.05) is 13.1 Å². The maximum Gasteiger partial charge on any atom is 0.339 e. The van der Waals surface area contributed by atoms with Crippen LogP contribution in [0.4, 0.5) is 5.69 Å². The van der Waals surface area contributed by atoms with Crippen LogP contribution in [0, 0.1) is 13.8 Å². The summed E-state index contributed by atoms with van der Waals surface area (Å²) in [6, 6.07) is 12.1. The number of ether oxygens (including phenoxy) is 1. The van der Waals surface area contributed by atoms with E-state index < -0.39 is 0 Å². The molecular weight excluding hydrogens is 262 g/mol. The van der Waals surface area contributed by atoms with Crippen molar-refractivity contribution < 1.29 is 9.53 Å². The van der Waals surface area contributed by atoms with Crippen LogP contribution in [0.15, 0.2) is 36.4 Å². The third kappa shape index (κ3) is 2.40. The van der Waals surface area contributed by atoms with Crippen molar-refractivity contribution in [2.75, 3.05) is 12.0 Å². The summed E-state index contributed by atoms with van der Waals surface area (Å²) in [6.45, 7) is 5.95. The Morgan fingerprint density at radius 3 is 2.19 bits per heavy atom. The average Bonchev–Trinajstić information content (AvgIpc) is 2.89. The van der Waals surface area contributed by atoms with Crippen LogP contribution in [-0.2, 0) is 17.8 Å². The summed E-state index contributed by atoms with van der Waals surface area (Å²) < 4.78 is 4.89. The van der Waals surface area contributed by atoms with Crippen LogP contribution in [0.1, 0.15) is 32.6 Å². The number of nitrogens with zero attached hydrogens (tertiary/aromatic N) is 1. The van der Waals surface area contributed by atoms with Gasteiger partial charge in [-0.25, -0.2) is 4.79 Å². The van der Waals surface area contributed by atoms with Crippen molar-refractivity contribution in [2.45, 2.75) is 26.9 Å². The van der Waals surface area contributed by atoms with Gasteiger partial charge in [-0.3, -0.25) is 0 Å². The Hall–Kier alpha value is -2.29. The standard InChI is InChI=1S/C18H19NO2/c1-12-8-14-10-19(11-15(14)9-13(12)2)17-7-5-4-6-16(17)18(20)21-3/h4-9H,10-11H2,1-3H3. The molecule has 3 heteroatoms. The molecule has 3 rings (SSSR count). The van der Waals surface area contributed by atoms with Crippen LogP contribution >= 0.6 is 0 Å². The quantitative estimate of drug-likeness (QED) is 0.788. The van der Waals surface area contributed by atoms with Gasteiger partial charge in [0.15, 0.2) is 0 Å². The Bertz CT molecular complexity index is 675. The van der Waals surface area contributed by atoms with Crippen LogP contribution in [0.2, 0.25) is 0 Å². The van der Waals surface area contributed by atoms with Gasteiger partial charge in [-0.1, -0.05) is 24.3 Å². The minimum absolute atomic E-state index is 0.283. The number of aryl methyl sites for hydroxylation is 2. The van der Waals surface area contributed by atoms with E-state index in [1.165, 1.54) is 29.4 Å². The molecule has 0 N–H and O–H groups in total. The number of carbonyl (C=O) groups is 1. The lowest BCUT2D eigenvalue weighted by molar-refractivity contribution is 0.0601. The zero-order valence-corrected chi connectivity index (χ0v) is 12.6. The van der Waals surface area contributed by atoms with Crippen LogP contribution in [0.3, 0.4) is 0 Å². The van der Waals surface area contributed by atoms with Crippen molar-refractivity contribution in [1.29, 1.82) is 0 Å². The van der Waals surface area contributed by atoms with Crippen molar-refractivity contribution in [3.63, 3.8) is 0 Å². The first-order chi connectivity index (χ1) is 10.1. The largest absolute Gasteiger partial charge is 0.465 e. The molecule has 0 atom stereocenters. The summed E-state index contributed by atoms with van der Waals surface area (Å²) in [5, 5.41) is 0. The Balaban J connectivity index is 1.96. The van der Waals surface area contributed by atoms with Gasteiger partial charge in [0.2, 0.25) is 0 Å². The van der Waals surface area contributed by atoms with E-state index in [9.17, 15) is 4.79 Å². The Morgan fingerprint density at radius 2 is 1.62 bits per heavy atom. The second kappa shape index (κ2) is 5.24. The molecular formula is C18H19NO2. The summed E-state index contributed by atoms with van der Waals surface area (Å²) in [6.07, 6.45) is 0. The maximum absolute atomic E-state index is 11.9. The Kier molecular flexibility index (Phi) is 3.42. The van der Waals surface area contributed by atoms with E-state index in [2.05, 4.69) is 30.9 Å². The second-order valence-electron chi connectivity index (χ2n) is 5.57. The molecule has 0 bridgehead atoms. The number of para-hydroxylation sites is 1. The molecule has 2 aromatic rings. The van der Waals surface area contributed by atoms with Crippen LogP contribution in [-0.4, -0.2) is 13.1 Å². The van der Waals surface area contributed by atoms with E-state index in [0.29, 0.717) is 5.56 Å². The summed E-state index contributed by atoms with van der Waals surface area (Å²) in [7, 11) is 1.42. The van der Waals surface area contributed by atoms with Crippen molar-refractivity contribution in [1.82, 2.24) is 0 Å². The fourth-order valence-electron chi connectivity index (χ4n) is 2.90. The normalized spacial score (nSPS) is 13.2. The lowest BCUT2D eigenvalue weighted by Gasteiger charge is -2.20. The molecule has 1 heterocycles. The van der Waals surface area contributed by atoms with Gasteiger partial charge in [-0.2, -0.15) is 0 Å². The Labute approximate surface area is 125 Å². The number of methoxy groups -OCH3 is 1. The number of benzene rings is 2. The molecule has 0 radical (unpaired) electrons. The summed E-state index contributed by atoms with van der Waals surface area (Å²) >= 11 is 0. The number of hydrogen-bond donors (Lipinski definition) is 0. The highest BCUT2D eigenvalue weighted by Crippen LogP contribution is 2.32. The zero-order valence-electron chi connectivity index (χ0n) is 12.6. The van der Waals surface area contributed by atoms with Crippen molar-refractivity contribution >= 4 is 11.7 Å². The maximum atomic E-state index is 11.9. The van der Waals surface area contributed by atoms with Gasteiger partial charge >= 0.3 is 5.97 Å². The molecule has 0 aliphatic carbocycles. The molecule has 2 aromatic carbocycles. The zero-order chi connectivity index (χ0) is 15.0. The van der Waals surface area contributed by atoms with E-state index >= 15 is 0 Å². The molecule has 0 spiro atoms. The summed E-state index contributed by atoms with van der Waals surface area (Å²) in [5.41, 5.74) is 6.89. The lowest BCUT2D eigenvalue weighted by Crippen LogP contribution is -2.18. The van der Waals surface area contributed by atoms with E-state index in [0.717, 1.165) is 18.8 Å². The van der Waals surface area contributed by atoms with E-state index in [4.69, 9.17) is 4.74 Å². The topological polar surface area (TPSA) is 29.5 Å².